The Kier molecular flexibility index (Phi) is 8.69. The fourth-order valence-corrected chi connectivity index (χ4v) is 4.16. The van der Waals surface area contributed by atoms with Crippen LogP contribution in [0, 0.1) is 13.8 Å². The number of nitrogens with one attached hydrogen (secondary N) is 1. The predicted molar refractivity (Wildman–Crippen MR) is 128 cm³/mol. The molecule has 0 saturated heterocycles. The van der Waals surface area contributed by atoms with Gasteiger partial charge in [-0.05, 0) is 51.0 Å². The van der Waals surface area contributed by atoms with Gasteiger partial charge in [0.2, 0.25) is 21.8 Å². The highest BCUT2D eigenvalue weighted by Gasteiger charge is 2.30. The lowest BCUT2D eigenvalue weighted by Gasteiger charge is -2.31. The molecule has 2 aromatic rings. The Bertz CT molecular complexity index is 1070. The molecule has 0 aliphatic heterocycles. The number of likely N-dealkylation sites (N-methyl/N-ethyl adjacent to an activating group) is 1. The van der Waals surface area contributed by atoms with Crippen molar-refractivity contribution in [1.29, 1.82) is 0 Å². The molecule has 0 aliphatic carbocycles. The normalized spacial score (nSPS) is 12.2. The number of amides is 2. The number of hydrogen-bond donors (Lipinski definition) is 1. The molecule has 0 spiro atoms. The lowest BCUT2D eigenvalue weighted by atomic mass is 10.1. The molecule has 0 bridgehead atoms. The van der Waals surface area contributed by atoms with Gasteiger partial charge in [-0.2, -0.15) is 0 Å². The molecule has 0 aromatic heterocycles. The van der Waals surface area contributed by atoms with Crippen molar-refractivity contribution in [1.82, 2.24) is 10.2 Å². The summed E-state index contributed by atoms with van der Waals surface area (Å²) in [6, 6.07) is 11.6. The predicted octanol–water partition coefficient (Wildman–Crippen LogP) is 3.28. The van der Waals surface area contributed by atoms with Gasteiger partial charge < -0.3 is 10.2 Å². The van der Waals surface area contributed by atoms with E-state index in [1.807, 2.05) is 31.2 Å². The topological polar surface area (TPSA) is 86.8 Å². The minimum atomic E-state index is -3.78. The van der Waals surface area contributed by atoms with Crippen molar-refractivity contribution in [3.8, 4) is 0 Å². The summed E-state index contributed by atoms with van der Waals surface area (Å²) in [5.41, 5.74) is 2.99. The van der Waals surface area contributed by atoms with Crippen LogP contribution in [0.25, 0.3) is 0 Å². The van der Waals surface area contributed by atoms with Gasteiger partial charge in [0.1, 0.15) is 12.6 Å². The maximum atomic E-state index is 13.4. The van der Waals surface area contributed by atoms with Crippen LogP contribution in [0.3, 0.4) is 0 Å². The smallest absolute Gasteiger partial charge is 0.244 e. The van der Waals surface area contributed by atoms with Gasteiger partial charge in [0.05, 0.1) is 11.9 Å². The van der Waals surface area contributed by atoms with E-state index in [1.165, 1.54) is 11.0 Å². The van der Waals surface area contributed by atoms with E-state index in [1.54, 1.807) is 32.9 Å². The highest BCUT2D eigenvalue weighted by molar-refractivity contribution is 7.92. The molecule has 2 rings (SSSR count). The van der Waals surface area contributed by atoms with Crippen LogP contribution in [0.4, 0.5) is 5.69 Å². The van der Waals surface area contributed by atoms with Crippen LogP contribution in [-0.4, -0.2) is 50.5 Å². The van der Waals surface area contributed by atoms with Gasteiger partial charge in [-0.15, -0.1) is 0 Å². The van der Waals surface area contributed by atoms with Crippen LogP contribution in [0.2, 0.25) is 5.02 Å². The van der Waals surface area contributed by atoms with Crippen molar-refractivity contribution >= 4 is 39.1 Å². The summed E-state index contributed by atoms with van der Waals surface area (Å²) >= 11 is 6.18. The standard InChI is InChI=1S/C23H30ClN3O4S/c1-6-25-23(29)18(4)26(14-19-10-7-16(2)8-11-19)22(28)15-27(32(5,30)31)20-12-9-17(3)21(24)13-20/h7-13,18H,6,14-15H2,1-5H3,(H,25,29)/t18-/m1/s1. The molecule has 0 saturated carbocycles. The molecule has 9 heteroatoms. The summed E-state index contributed by atoms with van der Waals surface area (Å²) in [4.78, 5) is 27.3. The quantitative estimate of drug-likeness (QED) is 0.598. The molecule has 0 radical (unpaired) electrons. The minimum absolute atomic E-state index is 0.170. The lowest BCUT2D eigenvalue weighted by Crippen LogP contribution is -2.51. The average Bonchev–Trinajstić information content (AvgIpc) is 2.72. The first-order valence-electron chi connectivity index (χ1n) is 10.3. The summed E-state index contributed by atoms with van der Waals surface area (Å²) in [7, 11) is -3.78. The van der Waals surface area contributed by atoms with E-state index in [4.69, 9.17) is 11.6 Å². The number of carbonyl (C=O) groups is 2. The van der Waals surface area contributed by atoms with E-state index in [0.29, 0.717) is 11.6 Å². The Morgan fingerprint density at radius 1 is 1.09 bits per heavy atom. The average molecular weight is 480 g/mol. The summed E-state index contributed by atoms with van der Waals surface area (Å²) < 4.78 is 26.0. The molecule has 0 heterocycles. The van der Waals surface area contributed by atoms with Crippen molar-refractivity contribution < 1.29 is 18.0 Å². The van der Waals surface area contributed by atoms with Crippen LogP contribution in [0.1, 0.15) is 30.5 Å². The number of carbonyl (C=O) groups excluding carboxylic acids is 2. The molecule has 0 fully saturated rings. The Labute approximate surface area is 195 Å². The van der Waals surface area contributed by atoms with E-state index in [-0.39, 0.29) is 18.1 Å². The number of halogens is 1. The highest BCUT2D eigenvalue weighted by atomic mass is 35.5. The van der Waals surface area contributed by atoms with Gasteiger partial charge in [-0.1, -0.05) is 47.5 Å². The third-order valence-electron chi connectivity index (χ3n) is 5.11. The van der Waals surface area contributed by atoms with E-state index in [9.17, 15) is 18.0 Å². The van der Waals surface area contributed by atoms with E-state index in [2.05, 4.69) is 5.32 Å². The molecule has 32 heavy (non-hydrogen) atoms. The third-order valence-corrected chi connectivity index (χ3v) is 6.66. The van der Waals surface area contributed by atoms with Gasteiger partial charge >= 0.3 is 0 Å². The number of hydrogen-bond acceptors (Lipinski definition) is 4. The van der Waals surface area contributed by atoms with Crippen LogP contribution < -0.4 is 9.62 Å². The monoisotopic (exact) mass is 479 g/mol. The summed E-state index contributed by atoms with van der Waals surface area (Å²) in [6.07, 6.45) is 1.03. The van der Waals surface area contributed by atoms with E-state index >= 15 is 0 Å². The fraction of sp³-hybridized carbons (Fsp3) is 0.391. The zero-order valence-corrected chi connectivity index (χ0v) is 20.6. The molecule has 7 nitrogen and oxygen atoms in total. The second-order valence-electron chi connectivity index (χ2n) is 7.78. The molecule has 2 amide bonds. The number of rotatable bonds is 9. The van der Waals surface area contributed by atoms with Crippen molar-refractivity contribution in [3.05, 3.63) is 64.2 Å². The molecule has 2 aromatic carbocycles. The highest BCUT2D eigenvalue weighted by Crippen LogP contribution is 2.25. The van der Waals surface area contributed by atoms with Gasteiger partial charge in [0, 0.05) is 18.1 Å². The van der Waals surface area contributed by atoms with Gasteiger partial charge in [0.15, 0.2) is 0 Å². The molecule has 0 unspecified atom stereocenters. The third kappa shape index (κ3) is 6.71. The largest absolute Gasteiger partial charge is 0.355 e. The SMILES string of the molecule is CCNC(=O)[C@@H](C)N(Cc1ccc(C)cc1)C(=O)CN(c1ccc(C)c(Cl)c1)S(C)(=O)=O. The summed E-state index contributed by atoms with van der Waals surface area (Å²) in [6.45, 7) is 7.33. The Morgan fingerprint density at radius 3 is 2.25 bits per heavy atom. The maximum Gasteiger partial charge on any atom is 0.244 e. The lowest BCUT2D eigenvalue weighted by molar-refractivity contribution is -0.139. The second-order valence-corrected chi connectivity index (χ2v) is 10.1. The number of sulfonamides is 1. The summed E-state index contributed by atoms with van der Waals surface area (Å²) in [5, 5.41) is 3.12. The van der Waals surface area contributed by atoms with E-state index in [0.717, 1.165) is 27.3 Å². The van der Waals surface area contributed by atoms with E-state index < -0.39 is 28.5 Å². The molecule has 174 valence electrons. The number of benzene rings is 2. The van der Waals surface area contributed by atoms with Crippen LogP contribution in [-0.2, 0) is 26.2 Å². The van der Waals surface area contributed by atoms with Crippen molar-refractivity contribution in [3.63, 3.8) is 0 Å². The van der Waals surface area contributed by atoms with Crippen LogP contribution >= 0.6 is 11.6 Å². The number of nitrogens with zero attached hydrogens (tertiary/aromatic N) is 2. The second kappa shape index (κ2) is 10.8. The van der Waals surface area contributed by atoms with Crippen LogP contribution in [0.5, 0.6) is 0 Å². The van der Waals surface area contributed by atoms with Crippen molar-refractivity contribution in [2.45, 2.75) is 40.3 Å². The first-order chi connectivity index (χ1) is 14.9. The zero-order valence-electron chi connectivity index (χ0n) is 19.1. The molecule has 0 aliphatic rings. The first kappa shape index (κ1) is 25.7. The Morgan fingerprint density at radius 2 is 1.72 bits per heavy atom. The maximum absolute atomic E-state index is 13.4. The molecular weight excluding hydrogens is 450 g/mol. The van der Waals surface area contributed by atoms with Crippen molar-refractivity contribution in [2.24, 2.45) is 0 Å². The van der Waals surface area contributed by atoms with Gasteiger partial charge in [-0.25, -0.2) is 8.42 Å². The number of anilines is 1. The van der Waals surface area contributed by atoms with Crippen molar-refractivity contribution in [2.75, 3.05) is 23.7 Å². The van der Waals surface area contributed by atoms with Gasteiger partial charge in [0.25, 0.3) is 0 Å². The fourth-order valence-electron chi connectivity index (χ4n) is 3.15. The molecule has 1 atom stereocenters. The number of aryl methyl sites for hydroxylation is 2. The zero-order chi connectivity index (χ0) is 24.1. The molecule has 1 N–H and O–H groups in total. The van der Waals surface area contributed by atoms with Crippen LogP contribution in [0.15, 0.2) is 42.5 Å². The Hall–Kier alpha value is -2.58. The first-order valence-corrected chi connectivity index (χ1v) is 12.5. The van der Waals surface area contributed by atoms with Gasteiger partial charge in [-0.3, -0.25) is 13.9 Å². The molecular formula is C23H30ClN3O4S. The Balaban J connectivity index is 2.39. The summed E-state index contributed by atoms with van der Waals surface area (Å²) in [5.74, 6) is -0.802. The minimum Gasteiger partial charge on any atom is -0.355 e.